The van der Waals surface area contributed by atoms with Crippen molar-refractivity contribution >= 4 is 23.4 Å². The largest absolute Gasteiger partial charge is 0.486 e. The van der Waals surface area contributed by atoms with E-state index >= 15 is 0 Å². The predicted octanol–water partition coefficient (Wildman–Crippen LogP) is 2.48. The van der Waals surface area contributed by atoms with E-state index in [9.17, 15) is 9.18 Å². The molecule has 10 heteroatoms. The first-order valence-electron chi connectivity index (χ1n) is 11.5. The van der Waals surface area contributed by atoms with Crippen molar-refractivity contribution in [1.29, 1.82) is 0 Å². The van der Waals surface area contributed by atoms with Crippen molar-refractivity contribution in [3.8, 4) is 11.5 Å². The van der Waals surface area contributed by atoms with Gasteiger partial charge in [0.05, 0.1) is 29.1 Å². The number of hydrogen-bond acceptors (Lipinski definition) is 7. The van der Waals surface area contributed by atoms with E-state index in [4.69, 9.17) is 9.47 Å². The van der Waals surface area contributed by atoms with Crippen LogP contribution in [0.25, 0.3) is 11.0 Å². The topological polar surface area (TPSA) is 81.5 Å². The fraction of sp³-hybridized carbons (Fsp3) is 0.458. The molecule has 6 heterocycles. The van der Waals surface area contributed by atoms with Crippen LogP contribution in [0.2, 0.25) is 0 Å². The maximum absolute atomic E-state index is 14.7. The van der Waals surface area contributed by atoms with Gasteiger partial charge in [-0.2, -0.15) is 0 Å². The molecule has 3 aromatic heterocycles. The summed E-state index contributed by atoms with van der Waals surface area (Å²) in [5, 5.41) is 3.61. The normalized spacial score (nSPS) is 19.9. The van der Waals surface area contributed by atoms with Crippen molar-refractivity contribution in [2.24, 2.45) is 0 Å². The van der Waals surface area contributed by atoms with Gasteiger partial charge in [-0.15, -0.1) is 12.4 Å². The van der Waals surface area contributed by atoms with Crippen molar-refractivity contribution in [1.82, 2.24) is 24.8 Å². The summed E-state index contributed by atoms with van der Waals surface area (Å²) in [4.78, 5) is 23.3. The maximum Gasteiger partial charge on any atom is 0.251 e. The van der Waals surface area contributed by atoms with E-state index in [2.05, 4.69) is 20.2 Å². The van der Waals surface area contributed by atoms with E-state index in [1.54, 1.807) is 16.8 Å². The van der Waals surface area contributed by atoms with Crippen LogP contribution < -0.4 is 20.3 Å². The minimum absolute atomic E-state index is 0. The van der Waals surface area contributed by atoms with Gasteiger partial charge in [0.15, 0.2) is 11.5 Å². The van der Waals surface area contributed by atoms with E-state index in [1.807, 2.05) is 6.07 Å². The molecule has 1 unspecified atom stereocenters. The molecule has 3 aliphatic rings. The van der Waals surface area contributed by atoms with Crippen LogP contribution in [-0.4, -0.2) is 58.3 Å². The van der Waals surface area contributed by atoms with Gasteiger partial charge in [-0.05, 0) is 32.0 Å². The summed E-state index contributed by atoms with van der Waals surface area (Å²) in [6.07, 6.45) is 5.04. The zero-order valence-corrected chi connectivity index (χ0v) is 19.5. The Bertz CT molecular complexity index is 1260. The molecule has 6 rings (SSSR count). The molecular formula is C24H27ClFN5O3. The monoisotopic (exact) mass is 487 g/mol. The Morgan fingerprint density at radius 1 is 1.09 bits per heavy atom. The highest BCUT2D eigenvalue weighted by Gasteiger charge is 2.31. The Kier molecular flexibility index (Phi) is 6.42. The number of ether oxygens (including phenoxy) is 2. The molecule has 0 bridgehead atoms. The number of nitrogens with zero attached hydrogens (tertiary/aromatic N) is 4. The van der Waals surface area contributed by atoms with Crippen LogP contribution in [0.3, 0.4) is 0 Å². The fourth-order valence-electron chi connectivity index (χ4n) is 5.26. The molecule has 1 saturated heterocycles. The van der Waals surface area contributed by atoms with Gasteiger partial charge in [0.25, 0.3) is 5.56 Å². The van der Waals surface area contributed by atoms with Crippen molar-refractivity contribution in [2.45, 2.75) is 37.9 Å². The summed E-state index contributed by atoms with van der Waals surface area (Å²) in [6.45, 7) is 4.94. The quantitative estimate of drug-likeness (QED) is 0.592. The van der Waals surface area contributed by atoms with Crippen LogP contribution in [0.5, 0.6) is 11.5 Å². The maximum atomic E-state index is 14.7. The number of halogens is 2. The van der Waals surface area contributed by atoms with Gasteiger partial charge in [0.2, 0.25) is 0 Å². The molecule has 3 aromatic rings. The van der Waals surface area contributed by atoms with Crippen molar-refractivity contribution < 1.29 is 13.9 Å². The van der Waals surface area contributed by atoms with Crippen LogP contribution in [0.1, 0.15) is 30.0 Å². The van der Waals surface area contributed by atoms with Gasteiger partial charge >= 0.3 is 0 Å². The van der Waals surface area contributed by atoms with Crippen LogP contribution in [-0.2, 0) is 13.1 Å². The van der Waals surface area contributed by atoms with Gasteiger partial charge in [-0.3, -0.25) is 14.8 Å². The molecule has 0 radical (unpaired) electrons. The summed E-state index contributed by atoms with van der Waals surface area (Å²) < 4.78 is 27.5. The van der Waals surface area contributed by atoms with E-state index in [1.165, 1.54) is 12.3 Å². The highest BCUT2D eigenvalue weighted by molar-refractivity contribution is 5.85. The molecule has 34 heavy (non-hydrogen) atoms. The third-order valence-corrected chi connectivity index (χ3v) is 6.93. The molecule has 180 valence electrons. The zero-order chi connectivity index (χ0) is 22.4. The number of aromatic nitrogens is 3. The molecule has 0 saturated carbocycles. The molecular weight excluding hydrogens is 461 g/mol. The summed E-state index contributed by atoms with van der Waals surface area (Å²) in [7, 11) is 0. The SMILES string of the molecule is Cl.O=c1ccc2ncc(F)c3c2n1CC3CN1CCC(NCc2cc3c(cn2)OCCO3)CC1. The number of fused-ring (bicyclic) bond motifs is 1. The van der Waals surface area contributed by atoms with Gasteiger partial charge in [-0.25, -0.2) is 4.39 Å². The molecule has 1 atom stereocenters. The molecule has 8 nitrogen and oxygen atoms in total. The van der Waals surface area contributed by atoms with Crippen LogP contribution in [0, 0.1) is 5.82 Å². The van der Waals surface area contributed by atoms with Gasteiger partial charge in [0, 0.05) is 49.3 Å². The van der Waals surface area contributed by atoms with Crippen molar-refractivity contribution in [2.75, 3.05) is 32.8 Å². The lowest BCUT2D eigenvalue weighted by Crippen LogP contribution is -2.43. The zero-order valence-electron chi connectivity index (χ0n) is 18.7. The molecule has 3 aliphatic heterocycles. The minimum atomic E-state index is -0.312. The molecule has 1 N–H and O–H groups in total. The number of rotatable bonds is 5. The number of nitrogens with one attached hydrogen (secondary N) is 1. The van der Waals surface area contributed by atoms with Gasteiger partial charge in [0.1, 0.15) is 19.0 Å². The first kappa shape index (κ1) is 23.0. The van der Waals surface area contributed by atoms with Crippen LogP contribution in [0.4, 0.5) is 4.39 Å². The first-order valence-corrected chi connectivity index (χ1v) is 11.5. The highest BCUT2D eigenvalue weighted by Crippen LogP contribution is 2.34. The van der Waals surface area contributed by atoms with E-state index < -0.39 is 0 Å². The van der Waals surface area contributed by atoms with Crippen LogP contribution >= 0.6 is 12.4 Å². The van der Waals surface area contributed by atoms with Crippen molar-refractivity contribution in [3.63, 3.8) is 0 Å². The Hall–Kier alpha value is -2.75. The van der Waals surface area contributed by atoms with E-state index in [0.29, 0.717) is 54.7 Å². The average Bonchev–Trinajstić information content (AvgIpc) is 3.23. The molecule has 0 spiro atoms. The minimum Gasteiger partial charge on any atom is -0.486 e. The second-order valence-corrected chi connectivity index (χ2v) is 9.01. The number of piperidine rings is 1. The Morgan fingerprint density at radius 3 is 2.71 bits per heavy atom. The summed E-state index contributed by atoms with van der Waals surface area (Å²) in [6, 6.07) is 5.56. The Labute approximate surface area is 202 Å². The van der Waals surface area contributed by atoms with Gasteiger partial charge < -0.3 is 24.3 Å². The standard InChI is InChI=1S/C24H26FN5O3.ClH/c25-18-11-28-19-1-2-22(31)30-14-15(23(18)24(19)30)13-29-5-3-16(4-6-29)26-10-17-9-20-21(12-27-17)33-8-7-32-20;/h1-2,9,11-12,15-16,26H,3-8,10,13-14H2;1H. The summed E-state index contributed by atoms with van der Waals surface area (Å²) in [5.74, 6) is 1.12. The Balaban J connectivity index is 0.00000241. The van der Waals surface area contributed by atoms with E-state index in [-0.39, 0.29) is 29.7 Å². The Morgan fingerprint density at radius 2 is 1.88 bits per heavy atom. The molecule has 0 aliphatic carbocycles. The summed E-state index contributed by atoms with van der Waals surface area (Å²) >= 11 is 0. The summed E-state index contributed by atoms with van der Waals surface area (Å²) in [5.41, 5.74) is 2.84. The second kappa shape index (κ2) is 9.48. The first-order chi connectivity index (χ1) is 16.2. The number of pyridine rings is 3. The second-order valence-electron chi connectivity index (χ2n) is 9.01. The molecule has 0 amide bonds. The highest BCUT2D eigenvalue weighted by atomic mass is 35.5. The lowest BCUT2D eigenvalue weighted by atomic mass is 9.98. The lowest BCUT2D eigenvalue weighted by molar-refractivity contribution is 0.170. The smallest absolute Gasteiger partial charge is 0.251 e. The average molecular weight is 488 g/mol. The van der Waals surface area contributed by atoms with Crippen molar-refractivity contribution in [3.05, 3.63) is 58.0 Å². The fourth-order valence-corrected chi connectivity index (χ4v) is 5.26. The predicted molar refractivity (Wildman–Crippen MR) is 127 cm³/mol. The number of hydrogen-bond donors (Lipinski definition) is 1. The van der Waals surface area contributed by atoms with Gasteiger partial charge in [-0.1, -0.05) is 0 Å². The lowest BCUT2D eigenvalue weighted by Gasteiger charge is -2.34. The molecule has 0 aromatic carbocycles. The number of likely N-dealkylation sites (tertiary alicyclic amines) is 1. The molecule has 1 fully saturated rings. The third kappa shape index (κ3) is 4.23. The third-order valence-electron chi connectivity index (χ3n) is 6.93. The van der Waals surface area contributed by atoms with E-state index in [0.717, 1.165) is 43.9 Å². The van der Waals surface area contributed by atoms with Crippen LogP contribution in [0.15, 0.2) is 35.4 Å².